The molecule has 29 heavy (non-hydrogen) atoms. The Morgan fingerprint density at radius 2 is 0.690 bits per heavy atom. The van der Waals surface area contributed by atoms with Gasteiger partial charge in [-0.1, -0.05) is 32.6 Å². The number of alkyl halides is 1. The van der Waals surface area contributed by atoms with Gasteiger partial charge in [0.1, 0.15) is 6.67 Å². The molecule has 0 aliphatic heterocycles. The van der Waals surface area contributed by atoms with Gasteiger partial charge in [0, 0.05) is 6.61 Å². The maximum absolute atomic E-state index is 11.8. The molecule has 0 spiro atoms. The molecule has 0 unspecified atom stereocenters. The van der Waals surface area contributed by atoms with Crippen molar-refractivity contribution >= 4 is 0 Å². The number of halogens is 1. The third-order valence-electron chi connectivity index (χ3n) is 3.85. The normalized spacial score (nSPS) is 11.4. The second-order valence-corrected chi connectivity index (χ2v) is 6.39. The third-order valence-corrected chi connectivity index (χ3v) is 3.85. The van der Waals surface area contributed by atoms with E-state index in [9.17, 15) is 4.39 Å². The Bertz CT molecular complexity index is 260. The van der Waals surface area contributed by atoms with Crippen molar-refractivity contribution in [1.29, 1.82) is 0 Å². The van der Waals surface area contributed by atoms with E-state index in [-0.39, 0.29) is 6.61 Å². The van der Waals surface area contributed by atoms with Gasteiger partial charge in [-0.25, -0.2) is 4.39 Å². The van der Waals surface area contributed by atoms with Gasteiger partial charge in [-0.05, 0) is 6.42 Å². The minimum absolute atomic E-state index is 0.127. The standard InChI is InChI=1S/C21H43FO7/c1-2-3-4-5-6-8-23-10-12-25-14-16-27-18-20-29-21-19-28-17-15-26-13-11-24-9-7-22/h2-21H2,1H3. The van der Waals surface area contributed by atoms with E-state index >= 15 is 0 Å². The quantitative estimate of drug-likeness (QED) is 0.197. The number of hydrogen-bond donors (Lipinski definition) is 0. The lowest BCUT2D eigenvalue weighted by molar-refractivity contribution is -0.0208. The molecule has 0 bridgehead atoms. The number of rotatable bonds is 26. The van der Waals surface area contributed by atoms with Gasteiger partial charge in [-0.3, -0.25) is 0 Å². The second-order valence-electron chi connectivity index (χ2n) is 6.39. The molecular formula is C21H43FO7. The van der Waals surface area contributed by atoms with Crippen molar-refractivity contribution in [1.82, 2.24) is 0 Å². The van der Waals surface area contributed by atoms with Crippen LogP contribution in [0.4, 0.5) is 4.39 Å². The van der Waals surface area contributed by atoms with E-state index in [0.29, 0.717) is 79.3 Å². The van der Waals surface area contributed by atoms with Crippen LogP contribution >= 0.6 is 0 Å². The molecule has 0 atom stereocenters. The minimum Gasteiger partial charge on any atom is -0.379 e. The molecule has 8 heteroatoms. The zero-order valence-corrected chi connectivity index (χ0v) is 18.4. The topological polar surface area (TPSA) is 64.6 Å². The van der Waals surface area contributed by atoms with E-state index in [1.807, 2.05) is 0 Å². The molecule has 0 aromatic rings. The average molecular weight is 427 g/mol. The summed E-state index contributed by atoms with van der Waals surface area (Å²) in [6.45, 7) is 9.07. The molecule has 0 aliphatic rings. The van der Waals surface area contributed by atoms with Crippen molar-refractivity contribution < 1.29 is 37.5 Å². The summed E-state index contributed by atoms with van der Waals surface area (Å²) in [6.07, 6.45) is 6.29. The van der Waals surface area contributed by atoms with E-state index in [2.05, 4.69) is 6.92 Å². The van der Waals surface area contributed by atoms with Crippen molar-refractivity contribution in [3.8, 4) is 0 Å². The van der Waals surface area contributed by atoms with Crippen molar-refractivity contribution in [2.45, 2.75) is 39.0 Å². The van der Waals surface area contributed by atoms with Crippen LogP contribution in [0.2, 0.25) is 0 Å². The van der Waals surface area contributed by atoms with Gasteiger partial charge in [-0.15, -0.1) is 0 Å². The fraction of sp³-hybridized carbons (Fsp3) is 1.00. The Morgan fingerprint density at radius 1 is 0.379 bits per heavy atom. The van der Waals surface area contributed by atoms with Gasteiger partial charge in [-0.2, -0.15) is 0 Å². The van der Waals surface area contributed by atoms with Crippen LogP contribution in [0.5, 0.6) is 0 Å². The lowest BCUT2D eigenvalue weighted by atomic mass is 10.2. The SMILES string of the molecule is CCCCCCCOCCOCCOCCOCCOCCOCCOCCF. The predicted octanol–water partition coefficient (Wildman–Crippen LogP) is 3.04. The molecule has 0 aliphatic carbocycles. The summed E-state index contributed by atoms with van der Waals surface area (Å²) in [4.78, 5) is 0. The number of ether oxygens (including phenoxy) is 7. The van der Waals surface area contributed by atoms with Crippen LogP contribution in [0.3, 0.4) is 0 Å². The molecule has 0 aromatic carbocycles. The number of unbranched alkanes of at least 4 members (excludes halogenated alkanes) is 4. The summed E-state index contributed by atoms with van der Waals surface area (Å²) in [5.41, 5.74) is 0. The van der Waals surface area contributed by atoms with Gasteiger partial charge in [0.05, 0.1) is 85.9 Å². The first-order valence-corrected chi connectivity index (χ1v) is 11.0. The Hall–Kier alpha value is -0.350. The van der Waals surface area contributed by atoms with E-state index in [0.717, 1.165) is 13.0 Å². The molecule has 0 aromatic heterocycles. The molecule has 0 saturated heterocycles. The van der Waals surface area contributed by atoms with Crippen LogP contribution in [-0.2, 0) is 33.2 Å². The lowest BCUT2D eigenvalue weighted by Gasteiger charge is -2.08. The molecule has 0 rings (SSSR count). The monoisotopic (exact) mass is 426 g/mol. The highest BCUT2D eigenvalue weighted by molar-refractivity contribution is 4.42. The zero-order valence-electron chi connectivity index (χ0n) is 18.4. The summed E-state index contributed by atoms with van der Waals surface area (Å²) in [6, 6.07) is 0. The maximum atomic E-state index is 11.8. The van der Waals surface area contributed by atoms with Crippen LogP contribution in [-0.4, -0.2) is 99.2 Å². The van der Waals surface area contributed by atoms with E-state index in [1.54, 1.807) is 0 Å². The van der Waals surface area contributed by atoms with Crippen LogP contribution < -0.4 is 0 Å². The highest BCUT2D eigenvalue weighted by Crippen LogP contribution is 2.02. The lowest BCUT2D eigenvalue weighted by Crippen LogP contribution is -2.14. The maximum Gasteiger partial charge on any atom is 0.113 e. The first kappa shape index (κ1) is 28.6. The van der Waals surface area contributed by atoms with Gasteiger partial charge in [0.2, 0.25) is 0 Å². The van der Waals surface area contributed by atoms with Crippen molar-refractivity contribution in [2.75, 3.05) is 99.2 Å². The largest absolute Gasteiger partial charge is 0.379 e. The highest BCUT2D eigenvalue weighted by Gasteiger charge is 1.95. The third kappa shape index (κ3) is 27.7. The van der Waals surface area contributed by atoms with Gasteiger partial charge in [0.25, 0.3) is 0 Å². The molecule has 176 valence electrons. The summed E-state index contributed by atoms with van der Waals surface area (Å²) in [7, 11) is 0. The van der Waals surface area contributed by atoms with Crippen LogP contribution in [0.15, 0.2) is 0 Å². The Morgan fingerprint density at radius 3 is 1.03 bits per heavy atom. The van der Waals surface area contributed by atoms with Gasteiger partial charge in [0.15, 0.2) is 0 Å². The fourth-order valence-corrected chi connectivity index (χ4v) is 2.28. The molecule has 7 nitrogen and oxygen atoms in total. The smallest absolute Gasteiger partial charge is 0.113 e. The molecule has 0 fully saturated rings. The summed E-state index contributed by atoms with van der Waals surface area (Å²) in [5.74, 6) is 0. The van der Waals surface area contributed by atoms with E-state index < -0.39 is 6.67 Å². The molecule has 0 heterocycles. The summed E-state index contributed by atoms with van der Waals surface area (Å²) >= 11 is 0. The summed E-state index contributed by atoms with van der Waals surface area (Å²) < 4.78 is 49.1. The number of hydrogen-bond acceptors (Lipinski definition) is 7. The first-order valence-electron chi connectivity index (χ1n) is 11.0. The molecule has 0 radical (unpaired) electrons. The average Bonchev–Trinajstić information content (AvgIpc) is 2.74. The van der Waals surface area contributed by atoms with Crippen LogP contribution in [0.25, 0.3) is 0 Å². The second kappa shape index (κ2) is 27.6. The Kier molecular flexibility index (Phi) is 27.3. The fourth-order valence-electron chi connectivity index (χ4n) is 2.28. The predicted molar refractivity (Wildman–Crippen MR) is 110 cm³/mol. The molecule has 0 N–H and O–H groups in total. The Labute approximate surface area is 176 Å². The van der Waals surface area contributed by atoms with Gasteiger partial charge >= 0.3 is 0 Å². The molecular weight excluding hydrogens is 383 g/mol. The summed E-state index contributed by atoms with van der Waals surface area (Å²) in [5, 5.41) is 0. The minimum atomic E-state index is -0.462. The van der Waals surface area contributed by atoms with Crippen LogP contribution in [0, 0.1) is 0 Å². The highest BCUT2D eigenvalue weighted by atomic mass is 19.1. The van der Waals surface area contributed by atoms with Crippen molar-refractivity contribution in [3.63, 3.8) is 0 Å². The van der Waals surface area contributed by atoms with Crippen LogP contribution in [0.1, 0.15) is 39.0 Å². The van der Waals surface area contributed by atoms with E-state index in [1.165, 1.54) is 25.7 Å². The molecule has 0 saturated carbocycles. The van der Waals surface area contributed by atoms with E-state index in [4.69, 9.17) is 33.2 Å². The molecule has 0 amide bonds. The van der Waals surface area contributed by atoms with Gasteiger partial charge < -0.3 is 33.2 Å². The first-order chi connectivity index (χ1) is 14.4. The van der Waals surface area contributed by atoms with Crippen molar-refractivity contribution in [2.24, 2.45) is 0 Å². The Balaban J connectivity index is 2.97. The van der Waals surface area contributed by atoms with Crippen molar-refractivity contribution in [3.05, 3.63) is 0 Å². The zero-order chi connectivity index (χ0) is 21.1.